The number of benzene rings is 1. The first-order valence-corrected chi connectivity index (χ1v) is 5.37. The highest BCUT2D eigenvalue weighted by atomic mass is 19.4. The minimum absolute atomic E-state index is 0.169. The van der Waals surface area contributed by atoms with E-state index in [9.17, 15) is 13.2 Å². The van der Waals surface area contributed by atoms with Gasteiger partial charge in [0.25, 0.3) is 0 Å². The largest absolute Gasteiger partial charge is 0.416 e. The molecule has 0 atom stereocenters. The van der Waals surface area contributed by atoms with Gasteiger partial charge in [-0.25, -0.2) is 4.99 Å². The molecule has 0 aliphatic heterocycles. The molecule has 3 N–H and O–H groups in total. The highest BCUT2D eigenvalue weighted by molar-refractivity contribution is 5.92. The molecular weight excluding hydrogens is 243 g/mol. The fourth-order valence-electron chi connectivity index (χ4n) is 1.28. The number of nitrogens with zero attached hydrogens (tertiary/aromatic N) is 1. The number of hydrogen-bond acceptors (Lipinski definition) is 1. The number of halogens is 3. The molecule has 0 aromatic heterocycles. The van der Waals surface area contributed by atoms with Crippen LogP contribution in [0.4, 0.5) is 18.9 Å². The van der Waals surface area contributed by atoms with E-state index in [4.69, 9.17) is 5.73 Å². The van der Waals surface area contributed by atoms with Crippen LogP contribution in [0.3, 0.4) is 0 Å². The number of alkyl halides is 3. The highest BCUT2D eigenvalue weighted by Crippen LogP contribution is 2.29. The Morgan fingerprint density at radius 3 is 2.00 bits per heavy atom. The predicted octanol–water partition coefficient (Wildman–Crippen LogP) is 3.23. The van der Waals surface area contributed by atoms with Crippen LogP contribution in [0.25, 0.3) is 0 Å². The van der Waals surface area contributed by atoms with Gasteiger partial charge in [0.2, 0.25) is 0 Å². The summed E-state index contributed by atoms with van der Waals surface area (Å²) in [5, 5.41) is 2.74. The summed E-state index contributed by atoms with van der Waals surface area (Å²) in [6.45, 7) is 5.61. The topological polar surface area (TPSA) is 50.4 Å². The molecule has 1 aromatic carbocycles. The molecule has 0 spiro atoms. The normalized spacial score (nSPS) is 13.6. The van der Waals surface area contributed by atoms with Gasteiger partial charge in [0, 0.05) is 5.69 Å². The third kappa shape index (κ3) is 4.65. The standard InChI is InChI=1S/C12H16F3N3/c1-11(2,3)18-10(16)17-9-6-4-8(5-7-9)12(13,14)15/h4-7H,1-3H3,(H3,16,17,18). The Morgan fingerprint density at radius 2 is 1.61 bits per heavy atom. The lowest BCUT2D eigenvalue weighted by molar-refractivity contribution is -0.137. The maximum Gasteiger partial charge on any atom is 0.416 e. The number of nitrogens with one attached hydrogen (secondary N) is 1. The second-order valence-electron chi connectivity index (χ2n) is 4.87. The van der Waals surface area contributed by atoms with Crippen molar-refractivity contribution in [2.24, 2.45) is 10.7 Å². The zero-order valence-corrected chi connectivity index (χ0v) is 10.5. The second kappa shape index (κ2) is 4.88. The first-order valence-electron chi connectivity index (χ1n) is 5.37. The molecule has 0 aliphatic rings. The van der Waals surface area contributed by atoms with Crippen molar-refractivity contribution in [3.63, 3.8) is 0 Å². The molecule has 0 saturated heterocycles. The van der Waals surface area contributed by atoms with Crippen LogP contribution in [-0.4, -0.2) is 11.5 Å². The molecule has 0 radical (unpaired) electrons. The van der Waals surface area contributed by atoms with E-state index in [1.54, 1.807) is 0 Å². The molecule has 1 rings (SSSR count). The summed E-state index contributed by atoms with van der Waals surface area (Å²) in [6, 6.07) is 4.61. The Balaban J connectivity index is 2.79. The van der Waals surface area contributed by atoms with Gasteiger partial charge in [0.1, 0.15) is 0 Å². The van der Waals surface area contributed by atoms with Gasteiger partial charge in [0.05, 0.1) is 11.1 Å². The third-order valence-electron chi connectivity index (χ3n) is 1.94. The van der Waals surface area contributed by atoms with Gasteiger partial charge in [-0.3, -0.25) is 0 Å². The maximum absolute atomic E-state index is 12.3. The summed E-state index contributed by atoms with van der Waals surface area (Å²) < 4.78 is 37.0. The Kier molecular flexibility index (Phi) is 3.88. The van der Waals surface area contributed by atoms with Crippen LogP contribution >= 0.6 is 0 Å². The van der Waals surface area contributed by atoms with Gasteiger partial charge in [0.15, 0.2) is 5.96 Å². The van der Waals surface area contributed by atoms with Gasteiger partial charge < -0.3 is 11.1 Å². The van der Waals surface area contributed by atoms with Crippen molar-refractivity contribution < 1.29 is 13.2 Å². The molecule has 0 bridgehead atoms. The van der Waals surface area contributed by atoms with Crippen molar-refractivity contribution in [1.29, 1.82) is 0 Å². The van der Waals surface area contributed by atoms with Crippen LogP contribution in [0.15, 0.2) is 29.3 Å². The third-order valence-corrected chi connectivity index (χ3v) is 1.94. The molecule has 0 amide bonds. The first-order chi connectivity index (χ1) is 8.08. The fraction of sp³-hybridized carbons (Fsp3) is 0.417. The van der Waals surface area contributed by atoms with Gasteiger partial charge >= 0.3 is 6.18 Å². The fourth-order valence-corrected chi connectivity index (χ4v) is 1.28. The van der Waals surface area contributed by atoms with E-state index in [0.29, 0.717) is 5.69 Å². The summed E-state index contributed by atoms with van der Waals surface area (Å²) in [7, 11) is 0. The van der Waals surface area contributed by atoms with E-state index < -0.39 is 11.7 Å². The van der Waals surface area contributed by atoms with Crippen molar-refractivity contribution in [3.05, 3.63) is 29.8 Å². The summed E-state index contributed by atoms with van der Waals surface area (Å²) in [5.41, 5.74) is 5.06. The molecule has 0 saturated carbocycles. The smallest absolute Gasteiger partial charge is 0.370 e. The average Bonchev–Trinajstić information content (AvgIpc) is 2.13. The van der Waals surface area contributed by atoms with Gasteiger partial charge in [-0.15, -0.1) is 0 Å². The molecule has 1 aromatic rings. The Morgan fingerprint density at radius 1 is 1.11 bits per heavy atom. The minimum atomic E-state index is -4.33. The van der Waals surface area contributed by atoms with Crippen LogP contribution in [0.1, 0.15) is 26.3 Å². The molecule has 0 fully saturated rings. The molecule has 0 heterocycles. The second-order valence-corrected chi connectivity index (χ2v) is 4.87. The number of anilines is 1. The van der Waals surface area contributed by atoms with Crippen LogP contribution in [0.5, 0.6) is 0 Å². The zero-order chi connectivity index (χ0) is 14.0. The van der Waals surface area contributed by atoms with Crippen molar-refractivity contribution in [3.8, 4) is 0 Å². The van der Waals surface area contributed by atoms with Crippen LogP contribution in [0, 0.1) is 0 Å². The van der Waals surface area contributed by atoms with E-state index in [2.05, 4.69) is 10.3 Å². The molecular formula is C12H16F3N3. The van der Waals surface area contributed by atoms with Crippen LogP contribution < -0.4 is 11.1 Å². The Bertz CT molecular complexity index is 427. The van der Waals surface area contributed by atoms with Crippen LogP contribution in [0.2, 0.25) is 0 Å². The average molecular weight is 259 g/mol. The molecule has 100 valence electrons. The number of rotatable bonds is 1. The quantitative estimate of drug-likeness (QED) is 0.601. The maximum atomic E-state index is 12.3. The van der Waals surface area contributed by atoms with Crippen molar-refractivity contribution >= 4 is 11.6 Å². The lowest BCUT2D eigenvalue weighted by atomic mass is 10.1. The zero-order valence-electron chi connectivity index (χ0n) is 10.5. The molecule has 6 heteroatoms. The van der Waals surface area contributed by atoms with E-state index in [-0.39, 0.29) is 11.5 Å². The van der Waals surface area contributed by atoms with Crippen LogP contribution in [-0.2, 0) is 6.18 Å². The lowest BCUT2D eigenvalue weighted by Crippen LogP contribution is -2.27. The van der Waals surface area contributed by atoms with E-state index in [1.807, 2.05) is 20.8 Å². The monoisotopic (exact) mass is 259 g/mol. The molecule has 0 unspecified atom stereocenters. The number of hydrogen-bond donors (Lipinski definition) is 2. The Labute approximate surface area is 104 Å². The Hall–Kier alpha value is -1.72. The van der Waals surface area contributed by atoms with Crippen molar-refractivity contribution in [1.82, 2.24) is 0 Å². The summed E-state index contributed by atoms with van der Waals surface area (Å²) in [4.78, 5) is 4.14. The van der Waals surface area contributed by atoms with Crippen molar-refractivity contribution in [2.75, 3.05) is 5.32 Å². The van der Waals surface area contributed by atoms with Crippen molar-refractivity contribution in [2.45, 2.75) is 32.5 Å². The highest BCUT2D eigenvalue weighted by Gasteiger charge is 2.29. The van der Waals surface area contributed by atoms with Gasteiger partial charge in [-0.2, -0.15) is 13.2 Å². The number of nitrogens with two attached hydrogens (primary N) is 1. The first kappa shape index (κ1) is 14.3. The molecule has 3 nitrogen and oxygen atoms in total. The lowest BCUT2D eigenvalue weighted by Gasteiger charge is -2.14. The van der Waals surface area contributed by atoms with E-state index in [0.717, 1.165) is 12.1 Å². The van der Waals surface area contributed by atoms with E-state index in [1.165, 1.54) is 12.1 Å². The van der Waals surface area contributed by atoms with Gasteiger partial charge in [-0.1, -0.05) is 0 Å². The number of aliphatic imine (C=N–C) groups is 1. The van der Waals surface area contributed by atoms with E-state index >= 15 is 0 Å². The minimum Gasteiger partial charge on any atom is -0.370 e. The molecule has 0 aliphatic carbocycles. The SMILES string of the molecule is CC(C)(C)N=C(N)Nc1ccc(C(F)(F)F)cc1. The summed E-state index contributed by atoms with van der Waals surface area (Å²) in [5.74, 6) is 0.169. The summed E-state index contributed by atoms with van der Waals surface area (Å²) in [6.07, 6.45) is -4.33. The molecule has 18 heavy (non-hydrogen) atoms. The predicted molar refractivity (Wildman–Crippen MR) is 66.4 cm³/mol. The summed E-state index contributed by atoms with van der Waals surface area (Å²) >= 11 is 0. The van der Waals surface area contributed by atoms with Gasteiger partial charge in [-0.05, 0) is 45.0 Å². The number of guanidine groups is 1.